The van der Waals surface area contributed by atoms with Gasteiger partial charge in [-0.25, -0.2) is 4.39 Å². The van der Waals surface area contributed by atoms with Crippen molar-refractivity contribution >= 4 is 22.7 Å². The Morgan fingerprint density at radius 2 is 1.57 bits per heavy atom. The Morgan fingerprint density at radius 1 is 0.850 bits per heavy atom. The number of nitrogens with zero attached hydrogens (tertiary/aromatic N) is 2. The molecular weight excluding hydrogens is 509 g/mol. The summed E-state index contributed by atoms with van der Waals surface area (Å²) in [5, 5.41) is 1.13. The fourth-order valence-electron chi connectivity index (χ4n) is 4.68. The van der Waals surface area contributed by atoms with Crippen LogP contribution in [-0.2, 0) is 33.7 Å². The number of carbonyl (C=O) groups is 2. The molecule has 0 bridgehead atoms. The van der Waals surface area contributed by atoms with Crippen molar-refractivity contribution in [3.8, 4) is 5.75 Å². The Morgan fingerprint density at radius 3 is 2.30 bits per heavy atom. The van der Waals surface area contributed by atoms with E-state index in [-0.39, 0.29) is 30.6 Å². The van der Waals surface area contributed by atoms with Gasteiger partial charge in [-0.3, -0.25) is 9.59 Å². The summed E-state index contributed by atoms with van der Waals surface area (Å²) >= 11 is 0. The minimum absolute atomic E-state index is 0.0478. The summed E-state index contributed by atoms with van der Waals surface area (Å²) in [7, 11) is 3.23. The molecule has 1 aromatic heterocycles. The molecule has 40 heavy (non-hydrogen) atoms. The zero-order valence-corrected chi connectivity index (χ0v) is 23.1. The van der Waals surface area contributed by atoms with Crippen molar-refractivity contribution in [2.24, 2.45) is 0 Å². The normalized spacial score (nSPS) is 11.0. The molecule has 7 nitrogen and oxygen atoms in total. The number of ether oxygens (including phenoxy) is 2. The lowest BCUT2D eigenvalue weighted by Gasteiger charge is -2.28. The number of aromatic nitrogens is 1. The van der Waals surface area contributed by atoms with Crippen LogP contribution in [0.1, 0.15) is 23.1 Å². The Bertz CT molecular complexity index is 1390. The summed E-state index contributed by atoms with van der Waals surface area (Å²) in [6.07, 6.45) is 3.35. The van der Waals surface area contributed by atoms with Gasteiger partial charge in [-0.2, -0.15) is 0 Å². The second kappa shape index (κ2) is 14.3. The Labute approximate surface area is 234 Å². The van der Waals surface area contributed by atoms with E-state index in [4.69, 9.17) is 9.47 Å². The number of benzene rings is 3. The number of rotatable bonds is 14. The minimum atomic E-state index is -0.354. The van der Waals surface area contributed by atoms with E-state index < -0.39 is 0 Å². The molecule has 0 saturated carbocycles. The van der Waals surface area contributed by atoms with Crippen molar-refractivity contribution in [2.45, 2.75) is 25.8 Å². The SMILES string of the molecule is COCCCN(CC(=O)N(CCc1c[nH]c2ccccc12)Cc1ccc(OC)cc1)C(=O)Cc1ccc(F)cc1. The summed E-state index contributed by atoms with van der Waals surface area (Å²) in [4.78, 5) is 33.7. The van der Waals surface area contributed by atoms with Gasteiger partial charge in [-0.05, 0) is 59.9 Å². The maximum absolute atomic E-state index is 13.8. The average Bonchev–Trinajstić information content (AvgIpc) is 3.39. The number of halogens is 1. The van der Waals surface area contributed by atoms with E-state index in [9.17, 15) is 14.0 Å². The lowest BCUT2D eigenvalue weighted by Crippen LogP contribution is -2.44. The number of fused-ring (bicyclic) bond motifs is 1. The number of carbonyl (C=O) groups excluding carboxylic acids is 2. The molecule has 0 fully saturated rings. The third-order valence-electron chi connectivity index (χ3n) is 6.94. The maximum Gasteiger partial charge on any atom is 0.242 e. The first-order valence-corrected chi connectivity index (χ1v) is 13.4. The Balaban J connectivity index is 1.51. The van der Waals surface area contributed by atoms with Gasteiger partial charge in [0.15, 0.2) is 0 Å². The van der Waals surface area contributed by atoms with Crippen LogP contribution in [0.3, 0.4) is 0 Å². The highest BCUT2D eigenvalue weighted by Crippen LogP contribution is 2.20. The van der Waals surface area contributed by atoms with Crippen molar-refractivity contribution in [2.75, 3.05) is 40.5 Å². The van der Waals surface area contributed by atoms with Crippen molar-refractivity contribution < 1.29 is 23.5 Å². The van der Waals surface area contributed by atoms with Crippen LogP contribution < -0.4 is 4.74 Å². The topological polar surface area (TPSA) is 74.9 Å². The van der Waals surface area contributed by atoms with Gasteiger partial charge in [0.2, 0.25) is 11.8 Å². The summed E-state index contributed by atoms with van der Waals surface area (Å²) in [5.41, 5.74) is 3.86. The third kappa shape index (κ3) is 7.93. The number of hydrogen-bond acceptors (Lipinski definition) is 4. The quantitative estimate of drug-likeness (QED) is 0.227. The molecule has 2 amide bonds. The average molecular weight is 546 g/mol. The molecule has 0 aliphatic heterocycles. The second-order valence-corrected chi connectivity index (χ2v) is 9.74. The first kappa shape index (κ1) is 28.8. The molecule has 3 aromatic carbocycles. The van der Waals surface area contributed by atoms with Gasteiger partial charge in [0, 0.05) is 50.5 Å². The Hall–Kier alpha value is -4.17. The monoisotopic (exact) mass is 545 g/mol. The van der Waals surface area contributed by atoms with Crippen molar-refractivity contribution in [3.05, 3.63) is 102 Å². The molecule has 1 N–H and O–H groups in total. The van der Waals surface area contributed by atoms with Crippen LogP contribution in [-0.4, -0.2) is 67.1 Å². The van der Waals surface area contributed by atoms with Crippen LogP contribution in [0.15, 0.2) is 79.0 Å². The molecule has 0 radical (unpaired) electrons. The van der Waals surface area contributed by atoms with Crippen LogP contribution >= 0.6 is 0 Å². The molecule has 0 aliphatic rings. The van der Waals surface area contributed by atoms with Gasteiger partial charge in [0.05, 0.1) is 20.1 Å². The standard InChI is InChI=1S/C32H36FN3O4/c1-39-19-5-17-35(31(37)20-24-8-12-27(33)13-9-24)23-32(38)36(22-25-10-14-28(40-2)15-11-25)18-16-26-21-34-30-7-4-3-6-29(26)30/h3-4,6-15,21,34H,5,16-20,22-23H2,1-2H3. The van der Waals surface area contributed by atoms with Crippen molar-refractivity contribution in [3.63, 3.8) is 0 Å². The van der Waals surface area contributed by atoms with E-state index >= 15 is 0 Å². The van der Waals surface area contributed by atoms with Crippen molar-refractivity contribution in [1.29, 1.82) is 0 Å². The first-order valence-electron chi connectivity index (χ1n) is 13.4. The first-order chi connectivity index (χ1) is 19.5. The van der Waals surface area contributed by atoms with Crippen molar-refractivity contribution in [1.82, 2.24) is 14.8 Å². The van der Waals surface area contributed by atoms with Gasteiger partial charge >= 0.3 is 0 Å². The predicted molar refractivity (Wildman–Crippen MR) is 154 cm³/mol. The van der Waals surface area contributed by atoms with Gasteiger partial charge < -0.3 is 24.3 Å². The summed E-state index contributed by atoms with van der Waals surface area (Å²) < 4.78 is 23.8. The van der Waals surface area contributed by atoms with Crippen LogP contribution in [0.2, 0.25) is 0 Å². The molecule has 0 unspecified atom stereocenters. The molecule has 0 atom stereocenters. The molecule has 0 aliphatic carbocycles. The number of nitrogens with one attached hydrogen (secondary N) is 1. The molecule has 0 spiro atoms. The number of amides is 2. The van der Waals surface area contributed by atoms with Gasteiger partial charge in [0.1, 0.15) is 11.6 Å². The number of H-pyrrole nitrogens is 1. The Kier molecular flexibility index (Phi) is 10.3. The van der Waals surface area contributed by atoms with E-state index in [2.05, 4.69) is 11.1 Å². The van der Waals surface area contributed by atoms with Crippen LogP contribution in [0, 0.1) is 5.82 Å². The zero-order valence-electron chi connectivity index (χ0n) is 23.1. The molecular formula is C32H36FN3O4. The lowest BCUT2D eigenvalue weighted by atomic mass is 10.1. The van der Waals surface area contributed by atoms with E-state index in [1.165, 1.54) is 12.1 Å². The zero-order chi connectivity index (χ0) is 28.3. The largest absolute Gasteiger partial charge is 0.497 e. The predicted octanol–water partition coefficient (Wildman–Crippen LogP) is 4.99. The highest BCUT2D eigenvalue weighted by molar-refractivity contribution is 5.86. The maximum atomic E-state index is 13.8. The van der Waals surface area contributed by atoms with E-state index in [0.717, 1.165) is 27.8 Å². The van der Waals surface area contributed by atoms with Gasteiger partial charge in [-0.1, -0.05) is 42.5 Å². The fourth-order valence-corrected chi connectivity index (χ4v) is 4.68. The molecule has 4 rings (SSSR count). The van der Waals surface area contributed by atoms with Crippen LogP contribution in [0.5, 0.6) is 5.75 Å². The number of hydrogen-bond donors (Lipinski definition) is 1. The second-order valence-electron chi connectivity index (χ2n) is 9.74. The van der Waals surface area contributed by atoms with Crippen LogP contribution in [0.4, 0.5) is 4.39 Å². The highest BCUT2D eigenvalue weighted by atomic mass is 19.1. The number of para-hydroxylation sites is 1. The molecule has 210 valence electrons. The molecule has 1 heterocycles. The number of methoxy groups -OCH3 is 2. The summed E-state index contributed by atoms with van der Waals surface area (Å²) in [6.45, 7) is 1.71. The minimum Gasteiger partial charge on any atom is -0.497 e. The van der Waals surface area contributed by atoms with Gasteiger partial charge in [-0.15, -0.1) is 0 Å². The lowest BCUT2D eigenvalue weighted by molar-refractivity contribution is -0.140. The molecule has 4 aromatic rings. The molecule has 8 heteroatoms. The van der Waals surface area contributed by atoms with E-state index in [0.29, 0.717) is 44.6 Å². The van der Waals surface area contributed by atoms with E-state index in [1.54, 1.807) is 36.2 Å². The highest BCUT2D eigenvalue weighted by Gasteiger charge is 2.22. The number of aromatic amines is 1. The van der Waals surface area contributed by atoms with Crippen LogP contribution in [0.25, 0.3) is 10.9 Å². The fraction of sp³-hybridized carbons (Fsp3) is 0.312. The smallest absolute Gasteiger partial charge is 0.242 e. The summed E-state index contributed by atoms with van der Waals surface area (Å²) in [5.74, 6) is 0.0708. The van der Waals surface area contributed by atoms with Gasteiger partial charge in [0.25, 0.3) is 0 Å². The molecule has 0 saturated heterocycles. The third-order valence-corrected chi connectivity index (χ3v) is 6.94. The summed E-state index contributed by atoms with van der Waals surface area (Å²) in [6, 6.07) is 21.6. The van der Waals surface area contributed by atoms with E-state index in [1.807, 2.05) is 48.7 Å².